The molecule has 0 aromatic rings. The van der Waals surface area contributed by atoms with Crippen LogP contribution in [0, 0.1) is 0 Å². The molecule has 216 valence electrons. The minimum Gasteiger partial charge on any atom is -0.456 e. The zero-order valence-electron chi connectivity index (χ0n) is 22.3. The van der Waals surface area contributed by atoms with Crippen LogP contribution in [0.2, 0.25) is 0 Å². The van der Waals surface area contributed by atoms with Crippen molar-refractivity contribution in [3.8, 4) is 0 Å². The van der Waals surface area contributed by atoms with Crippen LogP contribution in [0.4, 0.5) is 0 Å². The fraction of sp³-hybridized carbons (Fsp3) is 0.680. The number of rotatable bonds is 5. The van der Waals surface area contributed by atoms with Gasteiger partial charge in [0.25, 0.3) is 0 Å². The molecule has 2 bridgehead atoms. The molecule has 1 spiro atoms. The van der Waals surface area contributed by atoms with E-state index in [0.29, 0.717) is 38.1 Å². The van der Waals surface area contributed by atoms with E-state index in [-0.39, 0.29) is 30.9 Å². The van der Waals surface area contributed by atoms with Crippen molar-refractivity contribution in [2.45, 2.75) is 76.1 Å². The van der Waals surface area contributed by atoms with E-state index in [1.807, 2.05) is 19.9 Å². The zero-order chi connectivity index (χ0) is 28.4. The highest BCUT2D eigenvalue weighted by Crippen LogP contribution is 2.36. The van der Waals surface area contributed by atoms with Crippen LogP contribution in [0.3, 0.4) is 0 Å². The van der Waals surface area contributed by atoms with Crippen molar-refractivity contribution in [2.24, 2.45) is 0 Å². The van der Waals surface area contributed by atoms with E-state index in [4.69, 9.17) is 4.74 Å². The Morgan fingerprint density at radius 3 is 2.51 bits per heavy atom. The largest absolute Gasteiger partial charge is 0.456 e. The van der Waals surface area contributed by atoms with Gasteiger partial charge in [-0.2, -0.15) is 0 Å². The van der Waals surface area contributed by atoms with Gasteiger partial charge in [-0.3, -0.25) is 28.8 Å². The quantitative estimate of drug-likeness (QED) is 0.199. The van der Waals surface area contributed by atoms with Crippen LogP contribution in [-0.4, -0.2) is 95.3 Å². The Morgan fingerprint density at radius 2 is 1.82 bits per heavy atom. The maximum Gasteiger partial charge on any atom is 0.326 e. The standard InChI is InChI=1S/C25H37N5O7S2/c1-3-30(4-2)20(32)9-8-17-22(34)28-18-15-39-38-12-6-5-7-16(13-19(31)27-17)37-21(33)14-26-24(36)25(10-11-25)29-23(18)35/h5,7,16-18H,3-4,6,8-15H2,1-2H3,(H,26,36)(H,27,31)(H,28,34)(H,29,35)/b7-5+/t16-,17+,18-/m0/s1. The Bertz CT molecular complexity index is 984. The number of carbonyl (C=O) groups is 6. The highest BCUT2D eigenvalue weighted by molar-refractivity contribution is 8.76. The first-order chi connectivity index (χ1) is 18.7. The molecule has 4 N–H and O–H groups in total. The molecular weight excluding hydrogens is 546 g/mol. The van der Waals surface area contributed by atoms with Gasteiger partial charge in [0, 0.05) is 31.0 Å². The van der Waals surface area contributed by atoms with Gasteiger partial charge < -0.3 is 30.9 Å². The second kappa shape index (κ2) is 14.6. The van der Waals surface area contributed by atoms with E-state index in [0.717, 1.165) is 0 Å². The maximum atomic E-state index is 13.4. The summed E-state index contributed by atoms with van der Waals surface area (Å²) in [4.78, 5) is 79.2. The van der Waals surface area contributed by atoms with E-state index in [9.17, 15) is 28.8 Å². The summed E-state index contributed by atoms with van der Waals surface area (Å²) in [6, 6.07) is -2.08. The van der Waals surface area contributed by atoms with E-state index in [1.165, 1.54) is 21.6 Å². The Balaban J connectivity index is 1.90. The Hall–Kier alpha value is -2.74. The van der Waals surface area contributed by atoms with Crippen LogP contribution >= 0.6 is 21.6 Å². The maximum absolute atomic E-state index is 13.4. The molecule has 14 heteroatoms. The smallest absolute Gasteiger partial charge is 0.326 e. The highest BCUT2D eigenvalue weighted by atomic mass is 33.1. The van der Waals surface area contributed by atoms with Gasteiger partial charge in [-0.1, -0.05) is 27.7 Å². The first-order valence-electron chi connectivity index (χ1n) is 13.3. The predicted octanol–water partition coefficient (Wildman–Crippen LogP) is 0.0264. The number of hydrogen-bond donors (Lipinski definition) is 4. The number of amides is 5. The van der Waals surface area contributed by atoms with Gasteiger partial charge >= 0.3 is 5.97 Å². The molecule has 3 atom stereocenters. The molecule has 3 rings (SSSR count). The van der Waals surface area contributed by atoms with Gasteiger partial charge in [-0.15, -0.1) is 0 Å². The second-order valence-corrected chi connectivity index (χ2v) is 12.2. The van der Waals surface area contributed by atoms with Crippen molar-refractivity contribution in [1.82, 2.24) is 26.2 Å². The topological polar surface area (TPSA) is 163 Å². The molecular formula is C25H37N5O7S2. The minimum absolute atomic E-state index is 0.0170. The summed E-state index contributed by atoms with van der Waals surface area (Å²) >= 11 is 0. The molecule has 5 amide bonds. The number of ether oxygens (including phenoxy) is 1. The molecule has 0 unspecified atom stereocenters. The summed E-state index contributed by atoms with van der Waals surface area (Å²) < 4.78 is 5.45. The summed E-state index contributed by atoms with van der Waals surface area (Å²) in [6.07, 6.45) is 3.75. The molecule has 3 aliphatic rings. The molecule has 0 radical (unpaired) electrons. The number of hydrogen-bond acceptors (Lipinski definition) is 9. The first kappa shape index (κ1) is 30.8. The van der Waals surface area contributed by atoms with E-state index in [2.05, 4.69) is 21.3 Å². The highest BCUT2D eigenvalue weighted by Gasteiger charge is 2.52. The monoisotopic (exact) mass is 583 g/mol. The summed E-state index contributed by atoms with van der Waals surface area (Å²) in [5, 5.41) is 10.7. The average molecular weight is 584 g/mol. The predicted molar refractivity (Wildman–Crippen MR) is 147 cm³/mol. The van der Waals surface area contributed by atoms with E-state index < -0.39 is 59.9 Å². The summed E-state index contributed by atoms with van der Waals surface area (Å²) in [6.45, 7) is 4.34. The molecule has 2 fully saturated rings. The van der Waals surface area contributed by atoms with Gasteiger partial charge in [0.2, 0.25) is 29.5 Å². The Morgan fingerprint density at radius 1 is 1.08 bits per heavy atom. The van der Waals surface area contributed by atoms with Crippen LogP contribution in [0.25, 0.3) is 0 Å². The zero-order valence-corrected chi connectivity index (χ0v) is 23.9. The molecule has 39 heavy (non-hydrogen) atoms. The molecule has 1 saturated heterocycles. The van der Waals surface area contributed by atoms with Gasteiger partial charge in [-0.05, 0) is 45.6 Å². The average Bonchev–Trinajstić information content (AvgIpc) is 3.68. The third-order valence-electron chi connectivity index (χ3n) is 6.69. The molecule has 12 nitrogen and oxygen atoms in total. The summed E-state index contributed by atoms with van der Waals surface area (Å²) in [5.41, 5.74) is -1.15. The normalized spacial score (nSPS) is 27.2. The fourth-order valence-corrected chi connectivity index (χ4v) is 6.40. The summed E-state index contributed by atoms with van der Waals surface area (Å²) in [7, 11) is 2.92. The number of fused-ring (bicyclic) bond motifs is 7. The lowest BCUT2D eigenvalue weighted by molar-refractivity contribution is -0.148. The van der Waals surface area contributed by atoms with Crippen LogP contribution in [-0.2, 0) is 33.5 Å². The second-order valence-electron chi connectivity index (χ2n) is 9.60. The summed E-state index contributed by atoms with van der Waals surface area (Å²) in [5.74, 6) is -2.17. The van der Waals surface area contributed by atoms with Gasteiger partial charge in [-0.25, -0.2) is 0 Å². The molecule has 0 aromatic heterocycles. The Kier molecular flexibility index (Phi) is 11.5. The van der Waals surface area contributed by atoms with Crippen molar-refractivity contribution in [1.29, 1.82) is 0 Å². The van der Waals surface area contributed by atoms with Gasteiger partial charge in [0.1, 0.15) is 30.3 Å². The van der Waals surface area contributed by atoms with Crippen LogP contribution < -0.4 is 21.3 Å². The van der Waals surface area contributed by atoms with Crippen LogP contribution in [0.1, 0.15) is 52.4 Å². The van der Waals surface area contributed by atoms with Gasteiger partial charge in [0.05, 0.1) is 6.42 Å². The minimum atomic E-state index is -1.15. The van der Waals surface area contributed by atoms with Crippen LogP contribution in [0.15, 0.2) is 12.2 Å². The lowest BCUT2D eigenvalue weighted by Gasteiger charge is -2.26. The lowest BCUT2D eigenvalue weighted by atomic mass is 10.1. The number of esters is 1. The fourth-order valence-electron chi connectivity index (χ4n) is 4.24. The number of allylic oxidation sites excluding steroid dienone is 1. The van der Waals surface area contributed by atoms with E-state index in [1.54, 1.807) is 11.0 Å². The third kappa shape index (κ3) is 9.16. The molecule has 2 heterocycles. The molecule has 1 aliphatic carbocycles. The van der Waals surface area contributed by atoms with Crippen molar-refractivity contribution in [3.63, 3.8) is 0 Å². The molecule has 2 aliphatic heterocycles. The third-order valence-corrected chi connectivity index (χ3v) is 9.14. The number of nitrogens with zero attached hydrogens (tertiary/aromatic N) is 1. The van der Waals surface area contributed by atoms with Gasteiger partial charge in [0.15, 0.2) is 0 Å². The molecule has 0 aromatic carbocycles. The Labute approximate surface area is 235 Å². The van der Waals surface area contributed by atoms with E-state index >= 15 is 0 Å². The molecule has 1 saturated carbocycles. The van der Waals surface area contributed by atoms with Crippen molar-refractivity contribution in [3.05, 3.63) is 12.2 Å². The number of carbonyl (C=O) groups excluding carboxylic acids is 6. The van der Waals surface area contributed by atoms with Crippen molar-refractivity contribution >= 4 is 57.1 Å². The SMILES string of the molecule is CCN(CC)C(=O)CC[C@H]1NC(=O)C[C@@H]2/C=C/CCSSC[C@H](NC1=O)C(=O)NC1(CC1)C(=O)NCC(=O)O2. The van der Waals surface area contributed by atoms with Crippen LogP contribution in [0.5, 0.6) is 0 Å². The lowest BCUT2D eigenvalue weighted by Crippen LogP contribution is -2.59. The number of nitrogens with one attached hydrogen (secondary N) is 4. The van der Waals surface area contributed by atoms with Crippen molar-refractivity contribution < 1.29 is 33.5 Å². The first-order valence-corrected chi connectivity index (χ1v) is 15.7. The van der Waals surface area contributed by atoms with Crippen molar-refractivity contribution in [2.75, 3.05) is 31.1 Å².